The van der Waals surface area contributed by atoms with Crippen molar-refractivity contribution in [2.75, 3.05) is 0 Å². The zero-order valence-corrected chi connectivity index (χ0v) is 10.5. The van der Waals surface area contributed by atoms with Crippen LogP contribution in [-0.4, -0.2) is 5.78 Å². The van der Waals surface area contributed by atoms with Crippen LogP contribution in [0.25, 0.3) is 0 Å². The molecule has 84 valence electrons. The monoisotopic (exact) mass is 206 g/mol. The molecule has 1 nitrogen and oxygen atoms in total. The molecule has 0 saturated heterocycles. The van der Waals surface area contributed by atoms with Gasteiger partial charge in [-0.2, -0.15) is 0 Å². The van der Waals surface area contributed by atoms with Crippen molar-refractivity contribution in [1.82, 2.24) is 0 Å². The number of hydrogen-bond donors (Lipinski definition) is 0. The Morgan fingerprint density at radius 2 is 2.13 bits per heavy atom. The van der Waals surface area contributed by atoms with E-state index >= 15 is 0 Å². The molecule has 0 spiro atoms. The lowest BCUT2D eigenvalue weighted by Gasteiger charge is -2.41. The van der Waals surface area contributed by atoms with E-state index in [1.54, 1.807) is 13.0 Å². The Hall–Kier alpha value is -0.850. The lowest BCUT2D eigenvalue weighted by Crippen LogP contribution is -2.32. The summed E-state index contributed by atoms with van der Waals surface area (Å²) in [4.78, 5) is 11.0. The fourth-order valence-corrected chi connectivity index (χ4v) is 2.42. The van der Waals surface area contributed by atoms with Crippen molar-refractivity contribution in [2.45, 2.75) is 41.0 Å². The quantitative estimate of drug-likeness (QED) is 0.496. The number of allylic oxidation sites excluding steroid dienone is 4. The largest absolute Gasteiger partial charge is 0.295 e. The van der Waals surface area contributed by atoms with Gasteiger partial charge in [0.2, 0.25) is 0 Å². The van der Waals surface area contributed by atoms with Crippen LogP contribution in [0.3, 0.4) is 0 Å². The van der Waals surface area contributed by atoms with Crippen molar-refractivity contribution in [1.29, 1.82) is 0 Å². The number of ketones is 1. The fourth-order valence-electron chi connectivity index (χ4n) is 2.42. The van der Waals surface area contributed by atoms with Gasteiger partial charge in [-0.3, -0.25) is 4.79 Å². The van der Waals surface area contributed by atoms with E-state index in [0.717, 1.165) is 6.42 Å². The lowest BCUT2D eigenvalue weighted by atomic mass is 9.64. The average Bonchev–Trinajstić information content (AvgIpc) is 2.11. The van der Waals surface area contributed by atoms with E-state index in [-0.39, 0.29) is 11.2 Å². The van der Waals surface area contributed by atoms with E-state index in [9.17, 15) is 4.79 Å². The van der Waals surface area contributed by atoms with Gasteiger partial charge < -0.3 is 0 Å². The van der Waals surface area contributed by atoms with Crippen LogP contribution < -0.4 is 0 Å². The molecule has 1 rings (SSSR count). The van der Waals surface area contributed by atoms with Gasteiger partial charge >= 0.3 is 0 Å². The van der Waals surface area contributed by atoms with E-state index in [1.807, 2.05) is 0 Å². The minimum atomic E-state index is 0.144. The zero-order chi connectivity index (χ0) is 11.6. The van der Waals surface area contributed by atoms with Gasteiger partial charge in [0, 0.05) is 0 Å². The van der Waals surface area contributed by atoms with E-state index in [0.29, 0.717) is 11.8 Å². The standard InChI is InChI=1S/C14H22O/c1-10-6-7-11(2)14(4,5)13(10)9-8-12(3)15/h7-10,13H,6H2,1-5H3/b9-8+/t10-,13-/m1/s1. The van der Waals surface area contributed by atoms with Crippen molar-refractivity contribution in [2.24, 2.45) is 17.3 Å². The molecule has 0 saturated carbocycles. The Morgan fingerprint density at radius 3 is 2.67 bits per heavy atom. The molecular formula is C14H22O. The van der Waals surface area contributed by atoms with Crippen LogP contribution in [0.4, 0.5) is 0 Å². The molecule has 0 bridgehead atoms. The highest BCUT2D eigenvalue weighted by Crippen LogP contribution is 2.44. The van der Waals surface area contributed by atoms with Crippen LogP contribution in [0.1, 0.15) is 41.0 Å². The summed E-state index contributed by atoms with van der Waals surface area (Å²) in [6, 6.07) is 0. The van der Waals surface area contributed by atoms with E-state index in [2.05, 4.69) is 39.8 Å². The van der Waals surface area contributed by atoms with Gasteiger partial charge in [0.1, 0.15) is 0 Å². The van der Waals surface area contributed by atoms with Gasteiger partial charge in [-0.25, -0.2) is 0 Å². The first kappa shape index (κ1) is 12.2. The first-order chi connectivity index (χ1) is 6.85. The van der Waals surface area contributed by atoms with Gasteiger partial charge in [0.25, 0.3) is 0 Å². The molecule has 0 aromatic rings. The van der Waals surface area contributed by atoms with Gasteiger partial charge in [0.05, 0.1) is 0 Å². The zero-order valence-electron chi connectivity index (χ0n) is 10.5. The van der Waals surface area contributed by atoms with Crippen molar-refractivity contribution in [3.63, 3.8) is 0 Å². The average molecular weight is 206 g/mol. The lowest BCUT2D eigenvalue weighted by molar-refractivity contribution is -0.112. The third kappa shape index (κ3) is 2.58. The molecule has 0 aromatic carbocycles. The normalized spacial score (nSPS) is 30.3. The van der Waals surface area contributed by atoms with Crippen molar-refractivity contribution in [3.05, 3.63) is 23.8 Å². The number of carbonyl (C=O) groups is 1. The maximum Gasteiger partial charge on any atom is 0.152 e. The molecule has 15 heavy (non-hydrogen) atoms. The summed E-state index contributed by atoms with van der Waals surface area (Å²) < 4.78 is 0. The van der Waals surface area contributed by atoms with Gasteiger partial charge in [-0.15, -0.1) is 0 Å². The van der Waals surface area contributed by atoms with Gasteiger partial charge in [0.15, 0.2) is 5.78 Å². The highest BCUT2D eigenvalue weighted by atomic mass is 16.1. The third-order valence-corrected chi connectivity index (χ3v) is 3.80. The Balaban J connectivity index is 2.95. The van der Waals surface area contributed by atoms with Gasteiger partial charge in [-0.05, 0) is 43.6 Å². The predicted molar refractivity (Wildman–Crippen MR) is 64.6 cm³/mol. The summed E-state index contributed by atoms with van der Waals surface area (Å²) in [5.74, 6) is 1.25. The number of carbonyl (C=O) groups excluding carboxylic acids is 1. The third-order valence-electron chi connectivity index (χ3n) is 3.80. The molecule has 0 aliphatic heterocycles. The summed E-state index contributed by atoms with van der Waals surface area (Å²) in [5, 5.41) is 0. The minimum Gasteiger partial charge on any atom is -0.295 e. The summed E-state index contributed by atoms with van der Waals surface area (Å²) in [6.45, 7) is 10.6. The topological polar surface area (TPSA) is 17.1 Å². The summed E-state index contributed by atoms with van der Waals surface area (Å²) in [7, 11) is 0. The maximum atomic E-state index is 11.0. The van der Waals surface area contributed by atoms with Crippen molar-refractivity contribution in [3.8, 4) is 0 Å². The fraction of sp³-hybridized carbons (Fsp3) is 0.643. The Kier molecular flexibility index (Phi) is 3.54. The molecule has 0 fully saturated rings. The molecule has 0 radical (unpaired) electrons. The molecule has 1 aliphatic carbocycles. The Bertz CT molecular complexity index is 307. The highest BCUT2D eigenvalue weighted by Gasteiger charge is 2.35. The summed E-state index contributed by atoms with van der Waals surface area (Å²) in [6.07, 6.45) is 7.29. The second-order valence-corrected chi connectivity index (χ2v) is 5.32. The molecule has 2 atom stereocenters. The summed E-state index contributed by atoms with van der Waals surface area (Å²) >= 11 is 0. The van der Waals surface area contributed by atoms with Crippen molar-refractivity contribution >= 4 is 5.78 Å². The molecule has 0 aromatic heterocycles. The molecule has 0 unspecified atom stereocenters. The van der Waals surface area contributed by atoms with Gasteiger partial charge in [-0.1, -0.05) is 38.5 Å². The van der Waals surface area contributed by atoms with E-state index in [1.165, 1.54) is 5.57 Å². The molecule has 1 aliphatic rings. The smallest absolute Gasteiger partial charge is 0.152 e. The van der Waals surface area contributed by atoms with E-state index in [4.69, 9.17) is 0 Å². The molecule has 0 heterocycles. The second kappa shape index (κ2) is 4.34. The number of hydrogen-bond acceptors (Lipinski definition) is 1. The number of rotatable bonds is 2. The molecule has 1 heteroatoms. The van der Waals surface area contributed by atoms with Crippen LogP contribution in [0.5, 0.6) is 0 Å². The predicted octanol–water partition coefficient (Wildman–Crippen LogP) is 3.76. The Labute approximate surface area is 93.3 Å². The molecule has 0 amide bonds. The molecule has 0 N–H and O–H groups in total. The molecular weight excluding hydrogens is 184 g/mol. The van der Waals surface area contributed by atoms with Crippen molar-refractivity contribution < 1.29 is 4.79 Å². The maximum absolute atomic E-state index is 11.0. The van der Waals surface area contributed by atoms with Crippen LogP contribution in [0, 0.1) is 17.3 Å². The van der Waals surface area contributed by atoms with Crippen LogP contribution >= 0.6 is 0 Å². The highest BCUT2D eigenvalue weighted by molar-refractivity contribution is 5.87. The van der Waals surface area contributed by atoms with Crippen LogP contribution in [0.15, 0.2) is 23.8 Å². The SMILES string of the molecule is CC(=O)/C=C/[C@@H]1[C@H](C)CC=C(C)C1(C)C. The summed E-state index contributed by atoms with van der Waals surface area (Å²) in [5.41, 5.74) is 1.63. The van der Waals surface area contributed by atoms with Crippen LogP contribution in [0.2, 0.25) is 0 Å². The minimum absolute atomic E-state index is 0.144. The second-order valence-electron chi connectivity index (χ2n) is 5.32. The Morgan fingerprint density at radius 1 is 1.53 bits per heavy atom. The first-order valence-electron chi connectivity index (χ1n) is 5.71. The van der Waals surface area contributed by atoms with E-state index < -0.39 is 0 Å². The van der Waals surface area contributed by atoms with Crippen LogP contribution in [-0.2, 0) is 4.79 Å². The first-order valence-corrected chi connectivity index (χ1v) is 5.71.